The summed E-state index contributed by atoms with van der Waals surface area (Å²) in [6.07, 6.45) is 2.38. The first kappa shape index (κ1) is 15.1. The van der Waals surface area contributed by atoms with Gasteiger partial charge in [0.05, 0.1) is 6.04 Å². The Labute approximate surface area is 98.1 Å². The molecule has 0 heterocycles. The van der Waals surface area contributed by atoms with Gasteiger partial charge in [-0.3, -0.25) is 4.79 Å². The average Bonchev–Trinajstić information content (AvgIpc) is 2.22. The van der Waals surface area contributed by atoms with Crippen LogP contribution in [0.4, 0.5) is 0 Å². The van der Waals surface area contributed by atoms with Crippen LogP contribution in [-0.2, 0) is 4.79 Å². The van der Waals surface area contributed by atoms with Crippen LogP contribution >= 0.6 is 0 Å². The maximum absolute atomic E-state index is 11.5. The number of nitrogens with one attached hydrogen (secondary N) is 2. The van der Waals surface area contributed by atoms with Gasteiger partial charge in [0, 0.05) is 19.7 Å². The van der Waals surface area contributed by atoms with E-state index in [2.05, 4.69) is 31.1 Å². The Balaban J connectivity index is 3.91. The van der Waals surface area contributed by atoms with E-state index in [9.17, 15) is 4.79 Å². The van der Waals surface area contributed by atoms with E-state index in [1.54, 1.807) is 6.08 Å². The van der Waals surface area contributed by atoms with Crippen LogP contribution in [0.1, 0.15) is 27.2 Å². The largest absolute Gasteiger partial charge is 0.396 e. The fourth-order valence-electron chi connectivity index (χ4n) is 1.24. The molecule has 1 unspecified atom stereocenters. The first-order chi connectivity index (χ1) is 7.43. The summed E-state index contributed by atoms with van der Waals surface area (Å²) in [5.74, 6) is -0.0281. The minimum absolute atomic E-state index is 0.00171. The van der Waals surface area contributed by atoms with Gasteiger partial charge in [0.15, 0.2) is 0 Å². The Morgan fingerprint density at radius 2 is 2.19 bits per heavy atom. The first-order valence-electron chi connectivity index (χ1n) is 5.66. The van der Waals surface area contributed by atoms with E-state index in [4.69, 9.17) is 5.11 Å². The lowest BCUT2D eigenvalue weighted by Crippen LogP contribution is -2.45. The van der Waals surface area contributed by atoms with Crippen molar-refractivity contribution in [2.45, 2.75) is 33.2 Å². The Bertz CT molecular complexity index is 227. The van der Waals surface area contributed by atoms with E-state index < -0.39 is 0 Å². The van der Waals surface area contributed by atoms with Crippen molar-refractivity contribution < 1.29 is 9.90 Å². The van der Waals surface area contributed by atoms with Gasteiger partial charge in [-0.2, -0.15) is 0 Å². The summed E-state index contributed by atoms with van der Waals surface area (Å²) in [6, 6.07) is -0.224. The molecular weight excluding hydrogens is 204 g/mol. The Hall–Kier alpha value is -0.870. The van der Waals surface area contributed by atoms with Gasteiger partial charge >= 0.3 is 0 Å². The molecule has 0 fully saturated rings. The number of aliphatic hydroxyl groups is 1. The number of carbonyl (C=O) groups is 1. The Morgan fingerprint density at radius 3 is 2.69 bits per heavy atom. The molecule has 3 N–H and O–H groups in total. The molecule has 94 valence electrons. The van der Waals surface area contributed by atoms with Crippen molar-refractivity contribution in [3.63, 3.8) is 0 Å². The lowest BCUT2D eigenvalue weighted by molar-refractivity contribution is -0.122. The molecule has 0 rings (SSSR count). The van der Waals surface area contributed by atoms with Crippen molar-refractivity contribution in [2.24, 2.45) is 5.41 Å². The molecule has 0 aliphatic carbocycles. The number of amides is 1. The molecule has 1 atom stereocenters. The lowest BCUT2D eigenvalue weighted by atomic mass is 9.89. The predicted molar refractivity (Wildman–Crippen MR) is 66.2 cm³/mol. The lowest BCUT2D eigenvalue weighted by Gasteiger charge is -2.26. The third-order valence-corrected chi connectivity index (χ3v) is 2.49. The smallest absolute Gasteiger partial charge is 0.237 e. The summed E-state index contributed by atoms with van der Waals surface area (Å²) >= 11 is 0. The number of carbonyl (C=O) groups excluding carboxylic acids is 1. The van der Waals surface area contributed by atoms with Crippen LogP contribution in [0, 0.1) is 5.41 Å². The Kier molecular flexibility index (Phi) is 7.01. The minimum atomic E-state index is -0.224. The second-order valence-electron chi connectivity index (χ2n) is 4.77. The van der Waals surface area contributed by atoms with Gasteiger partial charge in [-0.15, -0.1) is 6.58 Å². The van der Waals surface area contributed by atoms with Gasteiger partial charge in [0.2, 0.25) is 5.91 Å². The number of hydrogen-bond donors (Lipinski definition) is 3. The van der Waals surface area contributed by atoms with E-state index in [1.807, 2.05) is 6.92 Å². The fraction of sp³-hybridized carbons (Fsp3) is 0.750. The van der Waals surface area contributed by atoms with Crippen LogP contribution in [0.2, 0.25) is 0 Å². The van der Waals surface area contributed by atoms with Gasteiger partial charge in [-0.25, -0.2) is 0 Å². The molecule has 0 bridgehead atoms. The second kappa shape index (κ2) is 7.41. The molecule has 1 amide bonds. The van der Waals surface area contributed by atoms with Gasteiger partial charge < -0.3 is 15.7 Å². The summed E-state index contributed by atoms with van der Waals surface area (Å²) < 4.78 is 0. The van der Waals surface area contributed by atoms with E-state index in [0.29, 0.717) is 13.1 Å². The van der Waals surface area contributed by atoms with Crippen molar-refractivity contribution in [2.75, 3.05) is 19.7 Å². The van der Waals surface area contributed by atoms with Crippen LogP contribution in [0.5, 0.6) is 0 Å². The predicted octanol–water partition coefficient (Wildman–Crippen LogP) is 0.675. The molecule has 0 aromatic heterocycles. The van der Waals surface area contributed by atoms with Crippen molar-refractivity contribution >= 4 is 5.91 Å². The minimum Gasteiger partial charge on any atom is -0.396 e. The zero-order valence-corrected chi connectivity index (χ0v) is 10.5. The summed E-state index contributed by atoms with van der Waals surface area (Å²) in [5, 5.41) is 14.8. The zero-order valence-electron chi connectivity index (χ0n) is 10.5. The van der Waals surface area contributed by atoms with E-state index in [-0.39, 0.29) is 24.0 Å². The number of rotatable bonds is 8. The van der Waals surface area contributed by atoms with E-state index in [0.717, 1.165) is 6.42 Å². The molecule has 0 aromatic rings. The summed E-state index contributed by atoms with van der Waals surface area (Å²) in [7, 11) is 0. The maximum atomic E-state index is 11.5. The highest BCUT2D eigenvalue weighted by molar-refractivity contribution is 5.81. The third-order valence-electron chi connectivity index (χ3n) is 2.49. The SMILES string of the molecule is C=CCNC(=O)C(C)NCC(C)(C)CCO. The number of aliphatic hydroxyl groups excluding tert-OH is 1. The highest BCUT2D eigenvalue weighted by atomic mass is 16.3. The van der Waals surface area contributed by atoms with Crippen LogP contribution < -0.4 is 10.6 Å². The first-order valence-corrected chi connectivity index (χ1v) is 5.66. The van der Waals surface area contributed by atoms with Gasteiger partial charge in [0.1, 0.15) is 0 Å². The van der Waals surface area contributed by atoms with Crippen molar-refractivity contribution in [1.29, 1.82) is 0 Å². The standard InChI is InChI=1S/C12H24N2O2/c1-5-7-13-11(16)10(2)14-9-12(3,4)6-8-15/h5,10,14-15H,1,6-9H2,2-4H3,(H,13,16). The van der Waals surface area contributed by atoms with Crippen molar-refractivity contribution in [1.82, 2.24) is 10.6 Å². The van der Waals surface area contributed by atoms with Gasteiger partial charge in [-0.05, 0) is 18.8 Å². The normalized spacial score (nSPS) is 13.2. The summed E-state index contributed by atoms with van der Waals surface area (Å²) in [6.45, 7) is 10.9. The summed E-state index contributed by atoms with van der Waals surface area (Å²) in [5.41, 5.74) is 0.00171. The highest BCUT2D eigenvalue weighted by Crippen LogP contribution is 2.18. The van der Waals surface area contributed by atoms with Crippen LogP contribution in [-0.4, -0.2) is 36.8 Å². The van der Waals surface area contributed by atoms with Gasteiger partial charge in [0.25, 0.3) is 0 Å². The molecule has 4 nitrogen and oxygen atoms in total. The van der Waals surface area contributed by atoms with Crippen molar-refractivity contribution in [3.8, 4) is 0 Å². The average molecular weight is 228 g/mol. The monoisotopic (exact) mass is 228 g/mol. The molecule has 0 radical (unpaired) electrons. The molecule has 0 aliphatic rings. The molecule has 0 aliphatic heterocycles. The fourth-order valence-corrected chi connectivity index (χ4v) is 1.24. The maximum Gasteiger partial charge on any atom is 0.237 e. The topological polar surface area (TPSA) is 61.4 Å². The highest BCUT2D eigenvalue weighted by Gasteiger charge is 2.19. The van der Waals surface area contributed by atoms with Gasteiger partial charge in [-0.1, -0.05) is 19.9 Å². The number of hydrogen-bond acceptors (Lipinski definition) is 3. The zero-order chi connectivity index (χ0) is 12.6. The van der Waals surface area contributed by atoms with E-state index in [1.165, 1.54) is 0 Å². The molecule has 0 saturated heterocycles. The van der Waals surface area contributed by atoms with E-state index >= 15 is 0 Å². The molecule has 0 spiro atoms. The molecule has 0 aromatic carbocycles. The van der Waals surface area contributed by atoms with Crippen LogP contribution in [0.15, 0.2) is 12.7 Å². The third kappa shape index (κ3) is 6.58. The molecule has 4 heteroatoms. The Morgan fingerprint density at radius 1 is 1.56 bits per heavy atom. The quantitative estimate of drug-likeness (QED) is 0.535. The molecular formula is C12H24N2O2. The summed E-state index contributed by atoms with van der Waals surface area (Å²) in [4.78, 5) is 11.5. The molecule has 0 saturated carbocycles. The van der Waals surface area contributed by atoms with Crippen LogP contribution in [0.25, 0.3) is 0 Å². The second-order valence-corrected chi connectivity index (χ2v) is 4.77. The van der Waals surface area contributed by atoms with Crippen LogP contribution in [0.3, 0.4) is 0 Å². The molecule has 16 heavy (non-hydrogen) atoms. The van der Waals surface area contributed by atoms with Crippen molar-refractivity contribution in [3.05, 3.63) is 12.7 Å².